The van der Waals surface area contributed by atoms with Gasteiger partial charge in [-0.25, -0.2) is 9.78 Å². The van der Waals surface area contributed by atoms with E-state index in [0.29, 0.717) is 12.1 Å². The molecule has 1 aromatic heterocycles. The second kappa shape index (κ2) is 9.48. The molecule has 0 bridgehead atoms. The molecule has 0 radical (unpaired) electrons. The predicted octanol–water partition coefficient (Wildman–Crippen LogP) is 5.26. The number of esters is 1. The predicted molar refractivity (Wildman–Crippen MR) is 126 cm³/mol. The highest BCUT2D eigenvalue weighted by Gasteiger charge is 2.21. The molecule has 0 aliphatic carbocycles. The van der Waals surface area contributed by atoms with Gasteiger partial charge in [-0.05, 0) is 70.0 Å². The van der Waals surface area contributed by atoms with E-state index in [9.17, 15) is 4.79 Å². The van der Waals surface area contributed by atoms with Crippen LogP contribution in [0.2, 0.25) is 0 Å². The first-order valence-electron chi connectivity index (χ1n) is 11.0. The Morgan fingerprint density at radius 1 is 1.06 bits per heavy atom. The van der Waals surface area contributed by atoms with Gasteiger partial charge < -0.3 is 15.0 Å². The standard InChI is InChI=1S/C26H33N3O2/c1-6-9-24-28-23(16-17-27)18(2)29(24)20-14-12-19(13-15-20)21-10-7-8-11-22(21)25(30)31-26(3,4)5/h7-8,10-15H,6,9,16-17,27H2,1-5H3. The molecule has 31 heavy (non-hydrogen) atoms. The summed E-state index contributed by atoms with van der Waals surface area (Å²) < 4.78 is 7.82. The number of imidazole rings is 1. The zero-order chi connectivity index (χ0) is 22.6. The third-order valence-corrected chi connectivity index (χ3v) is 5.11. The summed E-state index contributed by atoms with van der Waals surface area (Å²) >= 11 is 0. The third-order valence-electron chi connectivity index (χ3n) is 5.11. The quantitative estimate of drug-likeness (QED) is 0.531. The van der Waals surface area contributed by atoms with E-state index < -0.39 is 5.60 Å². The molecule has 0 fully saturated rings. The summed E-state index contributed by atoms with van der Waals surface area (Å²) in [6.45, 7) is 10.5. The number of nitrogens with zero attached hydrogens (tertiary/aromatic N) is 2. The van der Waals surface area contributed by atoms with Gasteiger partial charge in [-0.2, -0.15) is 0 Å². The fourth-order valence-corrected chi connectivity index (χ4v) is 3.75. The molecule has 0 saturated carbocycles. The second-order valence-corrected chi connectivity index (χ2v) is 8.78. The molecule has 1 heterocycles. The Bertz CT molecular complexity index is 1040. The number of carbonyl (C=O) groups is 1. The lowest BCUT2D eigenvalue weighted by Crippen LogP contribution is -2.24. The molecular weight excluding hydrogens is 386 g/mol. The van der Waals surface area contributed by atoms with Crippen LogP contribution in [0.15, 0.2) is 48.5 Å². The highest BCUT2D eigenvalue weighted by molar-refractivity contribution is 5.97. The summed E-state index contributed by atoms with van der Waals surface area (Å²) in [7, 11) is 0. The number of aromatic nitrogens is 2. The Morgan fingerprint density at radius 2 is 1.74 bits per heavy atom. The third kappa shape index (κ3) is 5.23. The maximum atomic E-state index is 12.7. The van der Waals surface area contributed by atoms with Crippen LogP contribution in [0.1, 0.15) is 61.7 Å². The first kappa shape index (κ1) is 22.8. The van der Waals surface area contributed by atoms with Crippen LogP contribution in [0.3, 0.4) is 0 Å². The zero-order valence-corrected chi connectivity index (χ0v) is 19.2. The van der Waals surface area contributed by atoms with Crippen LogP contribution >= 0.6 is 0 Å². The van der Waals surface area contributed by atoms with Crippen molar-refractivity contribution in [3.05, 3.63) is 71.3 Å². The van der Waals surface area contributed by atoms with Crippen LogP contribution in [-0.4, -0.2) is 27.7 Å². The molecule has 0 aliphatic rings. The Labute approximate surface area is 185 Å². The van der Waals surface area contributed by atoms with Gasteiger partial charge in [0.05, 0.1) is 11.3 Å². The molecule has 2 N–H and O–H groups in total. The fourth-order valence-electron chi connectivity index (χ4n) is 3.75. The summed E-state index contributed by atoms with van der Waals surface area (Å²) in [6.07, 6.45) is 2.71. The number of hydrogen-bond donors (Lipinski definition) is 1. The van der Waals surface area contributed by atoms with Crippen molar-refractivity contribution in [1.82, 2.24) is 9.55 Å². The molecule has 2 aromatic carbocycles. The molecule has 5 nitrogen and oxygen atoms in total. The van der Waals surface area contributed by atoms with Gasteiger partial charge in [0.2, 0.25) is 0 Å². The number of aryl methyl sites for hydroxylation is 1. The fraction of sp³-hybridized carbons (Fsp3) is 0.385. The molecule has 0 aliphatic heterocycles. The normalized spacial score (nSPS) is 11.5. The molecule has 0 amide bonds. The van der Waals surface area contributed by atoms with Crippen molar-refractivity contribution in [2.45, 2.75) is 59.5 Å². The Kier molecular flexibility index (Phi) is 6.96. The number of carbonyl (C=O) groups excluding carboxylic acids is 1. The zero-order valence-electron chi connectivity index (χ0n) is 19.2. The summed E-state index contributed by atoms with van der Waals surface area (Å²) in [5.74, 6) is 0.750. The lowest BCUT2D eigenvalue weighted by atomic mass is 9.99. The Balaban J connectivity index is 1.98. The van der Waals surface area contributed by atoms with Gasteiger partial charge in [-0.15, -0.1) is 0 Å². The second-order valence-electron chi connectivity index (χ2n) is 8.78. The van der Waals surface area contributed by atoms with Crippen molar-refractivity contribution in [2.24, 2.45) is 5.73 Å². The van der Waals surface area contributed by atoms with Crippen LogP contribution in [0, 0.1) is 6.92 Å². The summed E-state index contributed by atoms with van der Waals surface area (Å²) in [6, 6.07) is 15.8. The highest BCUT2D eigenvalue weighted by Crippen LogP contribution is 2.28. The van der Waals surface area contributed by atoms with Crippen LogP contribution in [0.4, 0.5) is 0 Å². The van der Waals surface area contributed by atoms with Gasteiger partial charge in [-0.3, -0.25) is 0 Å². The van der Waals surface area contributed by atoms with Crippen molar-refractivity contribution in [3.8, 4) is 16.8 Å². The van der Waals surface area contributed by atoms with Gasteiger partial charge in [-0.1, -0.05) is 37.3 Å². The average molecular weight is 420 g/mol. The van der Waals surface area contributed by atoms with Crippen molar-refractivity contribution >= 4 is 5.97 Å². The van der Waals surface area contributed by atoms with Gasteiger partial charge in [0.1, 0.15) is 11.4 Å². The molecule has 3 aromatic rings. The highest BCUT2D eigenvalue weighted by atomic mass is 16.6. The molecule has 0 saturated heterocycles. The smallest absolute Gasteiger partial charge is 0.339 e. The first-order chi connectivity index (χ1) is 14.7. The molecule has 3 rings (SSSR count). The summed E-state index contributed by atoms with van der Waals surface area (Å²) in [5.41, 5.74) is 10.9. The summed E-state index contributed by atoms with van der Waals surface area (Å²) in [4.78, 5) is 17.6. The molecule has 0 atom stereocenters. The number of hydrogen-bond acceptors (Lipinski definition) is 4. The molecule has 5 heteroatoms. The van der Waals surface area contributed by atoms with Crippen LogP contribution in [0.25, 0.3) is 16.8 Å². The van der Waals surface area contributed by atoms with E-state index in [0.717, 1.165) is 53.3 Å². The molecular formula is C26H33N3O2. The van der Waals surface area contributed by atoms with Crippen molar-refractivity contribution in [3.63, 3.8) is 0 Å². The van der Waals surface area contributed by atoms with Crippen LogP contribution in [-0.2, 0) is 17.6 Å². The van der Waals surface area contributed by atoms with E-state index in [-0.39, 0.29) is 5.97 Å². The molecule has 164 valence electrons. The van der Waals surface area contributed by atoms with E-state index in [1.807, 2.05) is 45.0 Å². The number of benzene rings is 2. The Hall–Kier alpha value is -2.92. The van der Waals surface area contributed by atoms with E-state index in [1.165, 1.54) is 0 Å². The van der Waals surface area contributed by atoms with E-state index in [4.69, 9.17) is 15.5 Å². The van der Waals surface area contributed by atoms with E-state index in [1.54, 1.807) is 0 Å². The summed E-state index contributed by atoms with van der Waals surface area (Å²) in [5, 5.41) is 0. The lowest BCUT2D eigenvalue weighted by Gasteiger charge is -2.20. The topological polar surface area (TPSA) is 70.1 Å². The average Bonchev–Trinajstić information content (AvgIpc) is 3.02. The van der Waals surface area contributed by atoms with Gasteiger partial charge in [0.25, 0.3) is 0 Å². The SMILES string of the molecule is CCCc1nc(CCN)c(C)n1-c1ccc(-c2ccccc2C(=O)OC(C)(C)C)cc1. The number of nitrogens with two attached hydrogens (primary N) is 1. The van der Waals surface area contributed by atoms with Gasteiger partial charge in [0.15, 0.2) is 0 Å². The minimum atomic E-state index is -0.538. The van der Waals surface area contributed by atoms with E-state index >= 15 is 0 Å². The molecule has 0 spiro atoms. The molecule has 0 unspecified atom stereocenters. The number of rotatable bonds is 7. The monoisotopic (exact) mass is 419 g/mol. The van der Waals surface area contributed by atoms with E-state index in [2.05, 4.69) is 42.7 Å². The maximum Gasteiger partial charge on any atom is 0.339 e. The van der Waals surface area contributed by atoms with Crippen molar-refractivity contribution < 1.29 is 9.53 Å². The maximum absolute atomic E-state index is 12.7. The minimum absolute atomic E-state index is 0.311. The van der Waals surface area contributed by atoms with Crippen molar-refractivity contribution in [1.29, 1.82) is 0 Å². The minimum Gasteiger partial charge on any atom is -0.456 e. The lowest BCUT2D eigenvalue weighted by molar-refractivity contribution is 0.00704. The number of ether oxygens (including phenoxy) is 1. The Morgan fingerprint density at radius 3 is 2.35 bits per heavy atom. The van der Waals surface area contributed by atoms with Gasteiger partial charge >= 0.3 is 5.97 Å². The van der Waals surface area contributed by atoms with Crippen LogP contribution in [0.5, 0.6) is 0 Å². The largest absolute Gasteiger partial charge is 0.456 e. The van der Waals surface area contributed by atoms with Gasteiger partial charge in [0, 0.05) is 24.2 Å². The van der Waals surface area contributed by atoms with Crippen LogP contribution < -0.4 is 5.73 Å². The first-order valence-corrected chi connectivity index (χ1v) is 11.0. The van der Waals surface area contributed by atoms with Crippen molar-refractivity contribution in [2.75, 3.05) is 6.54 Å².